The van der Waals surface area contributed by atoms with Crippen molar-refractivity contribution in [2.45, 2.75) is 4.90 Å². The zero-order valence-corrected chi connectivity index (χ0v) is 17.0. The highest BCUT2D eigenvalue weighted by Gasteiger charge is 2.29. The van der Waals surface area contributed by atoms with Crippen LogP contribution in [0.4, 0.5) is 5.69 Å². The lowest BCUT2D eigenvalue weighted by atomic mass is 10.3. The molecule has 1 aliphatic heterocycles. The van der Waals surface area contributed by atoms with E-state index in [4.69, 9.17) is 16.3 Å². The van der Waals surface area contributed by atoms with Crippen molar-refractivity contribution >= 4 is 33.2 Å². The van der Waals surface area contributed by atoms with Crippen molar-refractivity contribution in [3.05, 3.63) is 53.6 Å². The average molecular weight is 424 g/mol. The molecule has 0 bridgehead atoms. The summed E-state index contributed by atoms with van der Waals surface area (Å²) in [6, 6.07) is 13.3. The van der Waals surface area contributed by atoms with Crippen LogP contribution in [-0.4, -0.2) is 63.4 Å². The number of nitrogens with one attached hydrogen (secondary N) is 1. The number of carbonyl (C=O) groups is 1. The third-order valence-electron chi connectivity index (χ3n) is 4.50. The van der Waals surface area contributed by atoms with Gasteiger partial charge in [-0.2, -0.15) is 4.31 Å². The minimum Gasteiger partial charge on any atom is -0.497 e. The molecule has 0 radical (unpaired) electrons. The molecule has 7 nitrogen and oxygen atoms in total. The van der Waals surface area contributed by atoms with Crippen molar-refractivity contribution in [1.29, 1.82) is 0 Å². The number of anilines is 1. The molecule has 0 aromatic heterocycles. The maximum atomic E-state index is 12.8. The summed E-state index contributed by atoms with van der Waals surface area (Å²) in [6.45, 7) is 1.83. The average Bonchev–Trinajstić information content (AvgIpc) is 2.68. The summed E-state index contributed by atoms with van der Waals surface area (Å²) < 4.78 is 32.0. The van der Waals surface area contributed by atoms with Gasteiger partial charge in [0.1, 0.15) is 5.75 Å². The van der Waals surface area contributed by atoms with Crippen LogP contribution in [0.3, 0.4) is 0 Å². The lowest BCUT2D eigenvalue weighted by Crippen LogP contribution is -2.50. The van der Waals surface area contributed by atoms with Crippen LogP contribution in [-0.2, 0) is 14.8 Å². The molecule has 0 aliphatic carbocycles. The Bertz CT molecular complexity index is 926. The Hall–Kier alpha value is -2.13. The summed E-state index contributed by atoms with van der Waals surface area (Å²) in [6.07, 6.45) is 0. The van der Waals surface area contributed by atoms with E-state index in [1.165, 1.54) is 11.4 Å². The van der Waals surface area contributed by atoms with E-state index in [0.29, 0.717) is 42.6 Å². The van der Waals surface area contributed by atoms with Crippen LogP contribution >= 0.6 is 11.6 Å². The smallest absolute Gasteiger partial charge is 0.243 e. The Balaban J connectivity index is 1.54. The van der Waals surface area contributed by atoms with E-state index in [1.807, 2.05) is 4.90 Å². The van der Waals surface area contributed by atoms with Crippen LogP contribution in [0.5, 0.6) is 5.75 Å². The fourth-order valence-electron chi connectivity index (χ4n) is 2.99. The highest BCUT2D eigenvalue weighted by Crippen LogP contribution is 2.21. The Morgan fingerprint density at radius 1 is 1.11 bits per heavy atom. The number of rotatable bonds is 6. The lowest BCUT2D eigenvalue weighted by Gasteiger charge is -2.33. The second kappa shape index (κ2) is 8.91. The Morgan fingerprint density at radius 3 is 2.39 bits per heavy atom. The molecule has 9 heteroatoms. The number of methoxy groups -OCH3 is 1. The normalized spacial score (nSPS) is 15.9. The molecular weight excluding hydrogens is 402 g/mol. The number of piperazine rings is 1. The van der Waals surface area contributed by atoms with Gasteiger partial charge in [-0.25, -0.2) is 8.42 Å². The third kappa shape index (κ3) is 5.02. The molecule has 0 atom stereocenters. The number of hydrogen-bond acceptors (Lipinski definition) is 5. The van der Waals surface area contributed by atoms with Crippen LogP contribution in [0, 0.1) is 0 Å². The number of carbonyl (C=O) groups excluding carboxylic acids is 1. The van der Waals surface area contributed by atoms with Crippen LogP contribution in [0.2, 0.25) is 5.02 Å². The standard InChI is InChI=1S/C19H22ClN3O4S/c1-27-17-5-7-18(8-6-17)28(25,26)23-11-9-22(10-12-23)14-19(24)21-16-4-2-3-15(20)13-16/h2-8,13H,9-12,14H2,1H3,(H,21,24). The minimum atomic E-state index is -3.56. The van der Waals surface area contributed by atoms with Gasteiger partial charge in [0.2, 0.25) is 15.9 Å². The van der Waals surface area contributed by atoms with Gasteiger partial charge in [0.15, 0.2) is 0 Å². The Morgan fingerprint density at radius 2 is 1.79 bits per heavy atom. The Kier molecular flexibility index (Phi) is 6.56. The van der Waals surface area contributed by atoms with E-state index in [0.717, 1.165) is 0 Å². The monoisotopic (exact) mass is 423 g/mol. The van der Waals surface area contributed by atoms with Crippen LogP contribution in [0.15, 0.2) is 53.4 Å². The molecule has 1 heterocycles. The van der Waals surface area contributed by atoms with Gasteiger partial charge in [0, 0.05) is 36.9 Å². The highest BCUT2D eigenvalue weighted by atomic mass is 35.5. The summed E-state index contributed by atoms with van der Waals surface area (Å²) in [5.74, 6) is 0.447. The van der Waals surface area contributed by atoms with Crippen molar-refractivity contribution in [3.8, 4) is 5.75 Å². The molecule has 28 heavy (non-hydrogen) atoms. The zero-order valence-electron chi connectivity index (χ0n) is 15.5. The molecular formula is C19H22ClN3O4S. The highest BCUT2D eigenvalue weighted by molar-refractivity contribution is 7.89. The number of halogens is 1. The molecule has 1 fully saturated rings. The molecule has 3 rings (SSSR count). The molecule has 1 amide bonds. The number of hydrogen-bond donors (Lipinski definition) is 1. The van der Waals surface area contributed by atoms with Gasteiger partial charge >= 0.3 is 0 Å². The van der Waals surface area contributed by atoms with Gasteiger partial charge in [-0.1, -0.05) is 17.7 Å². The van der Waals surface area contributed by atoms with Crippen molar-refractivity contribution in [2.75, 3.05) is 45.2 Å². The van der Waals surface area contributed by atoms with Crippen molar-refractivity contribution in [3.63, 3.8) is 0 Å². The first-order valence-corrected chi connectivity index (χ1v) is 10.6. The zero-order chi connectivity index (χ0) is 20.1. The molecule has 2 aromatic rings. The van der Waals surface area contributed by atoms with Crippen LogP contribution in [0.25, 0.3) is 0 Å². The van der Waals surface area contributed by atoms with Gasteiger partial charge in [-0.3, -0.25) is 9.69 Å². The van der Waals surface area contributed by atoms with Gasteiger partial charge in [-0.15, -0.1) is 0 Å². The van der Waals surface area contributed by atoms with Crippen molar-refractivity contribution in [1.82, 2.24) is 9.21 Å². The number of nitrogens with zero attached hydrogens (tertiary/aromatic N) is 2. The van der Waals surface area contributed by atoms with E-state index >= 15 is 0 Å². The minimum absolute atomic E-state index is 0.159. The van der Waals surface area contributed by atoms with Crippen LogP contribution in [0.1, 0.15) is 0 Å². The quantitative estimate of drug-likeness (QED) is 0.771. The van der Waals surface area contributed by atoms with Crippen molar-refractivity contribution in [2.24, 2.45) is 0 Å². The first-order chi connectivity index (χ1) is 13.4. The number of amides is 1. The molecule has 2 aromatic carbocycles. The summed E-state index contributed by atoms with van der Waals surface area (Å²) >= 11 is 5.92. The molecule has 1 aliphatic rings. The second-order valence-electron chi connectivity index (χ2n) is 6.41. The fourth-order valence-corrected chi connectivity index (χ4v) is 4.61. The summed E-state index contributed by atoms with van der Waals surface area (Å²) in [5.41, 5.74) is 0.637. The predicted octanol–water partition coefficient (Wildman–Crippen LogP) is 2.29. The molecule has 0 saturated carbocycles. The van der Waals surface area contributed by atoms with Crippen molar-refractivity contribution < 1.29 is 17.9 Å². The molecule has 1 saturated heterocycles. The van der Waals surface area contributed by atoms with E-state index in [9.17, 15) is 13.2 Å². The summed E-state index contributed by atoms with van der Waals surface area (Å²) in [7, 11) is -2.02. The first kappa shape index (κ1) is 20.6. The van der Waals surface area contributed by atoms with E-state index in [-0.39, 0.29) is 17.3 Å². The number of ether oxygens (including phenoxy) is 1. The molecule has 0 unspecified atom stereocenters. The lowest BCUT2D eigenvalue weighted by molar-refractivity contribution is -0.117. The largest absolute Gasteiger partial charge is 0.497 e. The van der Waals surface area contributed by atoms with E-state index < -0.39 is 10.0 Å². The number of benzene rings is 2. The van der Waals surface area contributed by atoms with Crippen LogP contribution < -0.4 is 10.1 Å². The molecule has 1 N–H and O–H groups in total. The second-order valence-corrected chi connectivity index (χ2v) is 8.79. The Labute approximate surface area is 169 Å². The topological polar surface area (TPSA) is 79.0 Å². The molecule has 0 spiro atoms. The third-order valence-corrected chi connectivity index (χ3v) is 6.65. The fraction of sp³-hybridized carbons (Fsp3) is 0.316. The van der Waals surface area contributed by atoms with E-state index in [1.54, 1.807) is 48.5 Å². The SMILES string of the molecule is COc1ccc(S(=O)(=O)N2CCN(CC(=O)Nc3cccc(Cl)c3)CC2)cc1. The van der Waals surface area contributed by atoms with Gasteiger partial charge < -0.3 is 10.1 Å². The van der Waals surface area contributed by atoms with Gasteiger partial charge in [0.25, 0.3) is 0 Å². The number of sulfonamides is 1. The summed E-state index contributed by atoms with van der Waals surface area (Å²) in [5, 5.41) is 3.35. The van der Waals surface area contributed by atoms with Gasteiger partial charge in [-0.05, 0) is 42.5 Å². The van der Waals surface area contributed by atoms with Gasteiger partial charge in [0.05, 0.1) is 18.6 Å². The predicted molar refractivity (Wildman–Crippen MR) is 108 cm³/mol. The van der Waals surface area contributed by atoms with E-state index in [2.05, 4.69) is 5.32 Å². The summed E-state index contributed by atoms with van der Waals surface area (Å²) in [4.78, 5) is 14.4. The first-order valence-electron chi connectivity index (χ1n) is 8.80. The maximum absolute atomic E-state index is 12.8. The molecule has 150 valence electrons. The maximum Gasteiger partial charge on any atom is 0.243 e.